The van der Waals surface area contributed by atoms with Crippen molar-refractivity contribution in [2.45, 2.75) is 98.8 Å². The van der Waals surface area contributed by atoms with Crippen LogP contribution in [0.2, 0.25) is 0 Å². The van der Waals surface area contributed by atoms with Crippen molar-refractivity contribution in [1.29, 1.82) is 0 Å². The molecule has 1 aromatic carbocycles. The molecule has 0 saturated carbocycles. The monoisotopic (exact) mass is 724 g/mol. The van der Waals surface area contributed by atoms with E-state index in [-0.39, 0.29) is 0 Å². The second-order valence-electron chi connectivity index (χ2n) is 10.3. The summed E-state index contributed by atoms with van der Waals surface area (Å²) in [5.41, 5.74) is 9.67. The van der Waals surface area contributed by atoms with Crippen molar-refractivity contribution in [1.82, 2.24) is 4.48 Å². The quantitative estimate of drug-likeness (QED) is 0.108. The Labute approximate surface area is 253 Å². The number of benzene rings is 1. The number of hydrogen-bond acceptors (Lipinski definition) is 2. The number of ether oxygens (including phenoxy) is 1. The van der Waals surface area contributed by atoms with Gasteiger partial charge in [0.15, 0.2) is 0 Å². The topological polar surface area (TPSA) is 26.5 Å². The Morgan fingerprint density at radius 1 is 0.865 bits per heavy atom. The highest BCUT2D eigenvalue weighted by Gasteiger charge is 2.25. The van der Waals surface area contributed by atoms with Crippen molar-refractivity contribution >= 4 is 64.4 Å². The van der Waals surface area contributed by atoms with Crippen LogP contribution in [0.25, 0.3) is 5.57 Å². The van der Waals surface area contributed by atoms with Crippen LogP contribution in [-0.4, -0.2) is 24.8 Å². The van der Waals surface area contributed by atoms with Gasteiger partial charge >= 0.3 is 0 Å². The van der Waals surface area contributed by atoms with Gasteiger partial charge in [0, 0.05) is 24.1 Å². The number of halogens is 2. The van der Waals surface area contributed by atoms with E-state index in [1.54, 1.807) is 0 Å². The van der Waals surface area contributed by atoms with E-state index in [4.69, 9.17) is 9.73 Å². The van der Waals surface area contributed by atoms with Gasteiger partial charge in [0.1, 0.15) is 5.75 Å². The van der Waals surface area contributed by atoms with Gasteiger partial charge in [0.25, 0.3) is 0 Å². The lowest BCUT2D eigenvalue weighted by atomic mass is 9.95. The third-order valence-corrected chi connectivity index (χ3v) is 10.7. The zero-order chi connectivity index (χ0) is 26.9. The molecule has 0 saturated heterocycles. The fourth-order valence-corrected chi connectivity index (χ4v) is 6.09. The molecule has 6 heteroatoms. The molecule has 0 atom stereocenters. The summed E-state index contributed by atoms with van der Waals surface area (Å²) in [6.07, 6.45) is 13.4. The van der Waals surface area contributed by atoms with Crippen LogP contribution in [0.4, 0.5) is 0 Å². The van der Waals surface area contributed by atoms with Crippen molar-refractivity contribution < 1.29 is 4.74 Å². The highest BCUT2D eigenvalue weighted by Crippen LogP contribution is 2.40. The van der Waals surface area contributed by atoms with Crippen LogP contribution < -0.4 is 4.74 Å². The molecule has 1 aliphatic heterocycles. The summed E-state index contributed by atoms with van der Waals surface area (Å²) in [5, 5.41) is 0. The fourth-order valence-electron chi connectivity index (χ4n) is 5.10. The first kappa shape index (κ1) is 30.5. The van der Waals surface area contributed by atoms with Gasteiger partial charge in [0.05, 0.1) is 18.0 Å². The predicted octanol–water partition coefficient (Wildman–Crippen LogP) is 9.35. The molecular weight excluding hydrogens is 681 g/mol. The van der Waals surface area contributed by atoms with E-state index in [2.05, 4.69) is 117 Å². The maximum atomic E-state index is 6.11. The molecule has 2 heterocycles. The Hall–Kier alpha value is -1.03. The molecule has 200 valence electrons. The Morgan fingerprint density at radius 3 is 1.92 bits per heavy atom. The highest BCUT2D eigenvalue weighted by atomic mass is 127. The molecule has 1 aliphatic rings. The van der Waals surface area contributed by atoms with Crippen molar-refractivity contribution in [3.63, 3.8) is 0 Å². The summed E-state index contributed by atoms with van der Waals surface area (Å²) in [4.78, 5) is 5.02. The van der Waals surface area contributed by atoms with Gasteiger partial charge in [-0.15, -0.1) is 0 Å². The lowest BCUT2D eigenvalue weighted by Gasteiger charge is -2.16. The molecule has 0 amide bonds. The molecule has 0 unspecified atom stereocenters. The number of aromatic nitrogens is 1. The van der Waals surface area contributed by atoms with Crippen molar-refractivity contribution in [3.05, 3.63) is 65.2 Å². The first-order valence-corrected chi connectivity index (χ1v) is 16.1. The minimum absolute atomic E-state index is 0.793. The molecule has 0 aliphatic carbocycles. The van der Waals surface area contributed by atoms with Gasteiger partial charge in [-0.25, -0.2) is 0 Å². The predicted molar refractivity (Wildman–Crippen MR) is 180 cm³/mol. The summed E-state index contributed by atoms with van der Waals surface area (Å²) >= 11 is 4.90. The van der Waals surface area contributed by atoms with Gasteiger partial charge in [-0.1, -0.05) is 76.8 Å². The van der Waals surface area contributed by atoms with E-state index in [1.807, 2.05) is 0 Å². The minimum atomic E-state index is 0.793. The summed E-state index contributed by atoms with van der Waals surface area (Å²) < 4.78 is 11.0. The number of unbranched alkanes of at least 4 members (excludes halogenated alkanes) is 9. The Morgan fingerprint density at radius 2 is 1.43 bits per heavy atom. The van der Waals surface area contributed by atoms with Gasteiger partial charge < -0.3 is 9.21 Å². The van der Waals surface area contributed by atoms with Gasteiger partial charge in [-0.3, -0.25) is 4.99 Å². The van der Waals surface area contributed by atoms with Gasteiger partial charge in [0.2, 0.25) is 7.98 Å². The van der Waals surface area contributed by atoms with Crippen LogP contribution in [0.1, 0.15) is 107 Å². The third-order valence-electron chi connectivity index (χ3n) is 7.51. The summed E-state index contributed by atoms with van der Waals surface area (Å²) in [7, 11) is 2.17. The molecule has 0 spiro atoms. The SMILES string of the molecule is Bn1c(C)c(I)c(C)c1/C(=C1\N=C(C)C(I)=C1C)c1ccc(OCCCCCCCCCCCC)cc1. The van der Waals surface area contributed by atoms with Crippen LogP contribution >= 0.6 is 45.2 Å². The maximum absolute atomic E-state index is 6.11. The van der Waals surface area contributed by atoms with Crippen molar-refractivity contribution in [2.75, 3.05) is 6.61 Å². The second-order valence-corrected chi connectivity index (χ2v) is 12.5. The Kier molecular flexibility index (Phi) is 12.3. The van der Waals surface area contributed by atoms with Crippen LogP contribution in [-0.2, 0) is 0 Å². The van der Waals surface area contributed by atoms with Crippen LogP contribution in [0.5, 0.6) is 5.75 Å². The Bertz CT molecular complexity index is 1130. The smallest absolute Gasteiger partial charge is 0.223 e. The van der Waals surface area contributed by atoms with Crippen molar-refractivity contribution in [3.8, 4) is 5.75 Å². The average Bonchev–Trinajstić information content (AvgIpc) is 3.25. The van der Waals surface area contributed by atoms with Crippen LogP contribution in [0.3, 0.4) is 0 Å². The number of hydrogen-bond donors (Lipinski definition) is 0. The lowest BCUT2D eigenvalue weighted by Crippen LogP contribution is -2.05. The zero-order valence-corrected chi connectivity index (χ0v) is 28.0. The summed E-state index contributed by atoms with van der Waals surface area (Å²) in [5.74, 6) is 0.950. The first-order chi connectivity index (χ1) is 17.8. The van der Waals surface area contributed by atoms with E-state index < -0.39 is 0 Å². The fraction of sp³-hybridized carbons (Fsp3) is 0.516. The molecule has 37 heavy (non-hydrogen) atoms. The van der Waals surface area contributed by atoms with E-state index in [9.17, 15) is 0 Å². The van der Waals surface area contributed by atoms with E-state index >= 15 is 0 Å². The molecule has 0 N–H and O–H groups in total. The number of allylic oxidation sites excluding steroid dienone is 2. The first-order valence-electron chi connectivity index (χ1n) is 14.0. The van der Waals surface area contributed by atoms with E-state index in [0.29, 0.717) is 0 Å². The van der Waals surface area contributed by atoms with Gasteiger partial charge in [-0.05, 0) is 108 Å². The third kappa shape index (κ3) is 7.77. The normalized spacial score (nSPS) is 14.9. The number of aliphatic imine (C=N–C) groups is 1. The number of rotatable bonds is 14. The molecule has 0 radical (unpaired) electrons. The van der Waals surface area contributed by atoms with Crippen LogP contribution in [0.15, 0.2) is 44.1 Å². The molecule has 1 aromatic heterocycles. The summed E-state index contributed by atoms with van der Waals surface area (Å²) in [6, 6.07) is 8.65. The van der Waals surface area contributed by atoms with Crippen molar-refractivity contribution in [2.24, 2.45) is 4.99 Å². The standard InChI is InChI=1S/C31H43BI2N2O/c1-6-7-8-9-10-11-12-13-14-15-20-37-26-18-16-25(17-19-26)27(30-21(2)28(33)23(4)35-30)31-22(3)29(34)24(5)36(31)32/h16-19H,6-15,20,32H2,1-5H3/b30-27-. The largest absolute Gasteiger partial charge is 0.494 e. The average molecular weight is 724 g/mol. The number of nitrogens with zero attached hydrogens (tertiary/aromatic N) is 2. The maximum Gasteiger partial charge on any atom is 0.223 e. The Balaban J connectivity index is 1.65. The second kappa shape index (κ2) is 14.9. The molecule has 3 rings (SSSR count). The van der Waals surface area contributed by atoms with Crippen LogP contribution in [0, 0.1) is 17.4 Å². The highest BCUT2D eigenvalue weighted by molar-refractivity contribution is 14.1. The molecule has 0 bridgehead atoms. The van der Waals surface area contributed by atoms with E-state index in [1.165, 1.54) is 98.6 Å². The molecule has 3 nitrogen and oxygen atoms in total. The zero-order valence-electron chi connectivity index (χ0n) is 23.6. The molecular formula is C31H43BI2N2O. The molecule has 0 fully saturated rings. The summed E-state index contributed by atoms with van der Waals surface area (Å²) in [6.45, 7) is 11.8. The molecule has 2 aromatic rings. The lowest BCUT2D eigenvalue weighted by molar-refractivity contribution is 0.304. The van der Waals surface area contributed by atoms with Gasteiger partial charge in [-0.2, -0.15) is 0 Å². The minimum Gasteiger partial charge on any atom is -0.494 e. The van der Waals surface area contributed by atoms with E-state index in [0.717, 1.165) is 30.2 Å².